The third-order valence-corrected chi connectivity index (χ3v) is 3.67. The van der Waals surface area contributed by atoms with Crippen molar-refractivity contribution in [3.63, 3.8) is 0 Å². The summed E-state index contributed by atoms with van der Waals surface area (Å²) in [6.45, 7) is 0.932. The summed E-state index contributed by atoms with van der Waals surface area (Å²) in [4.78, 5) is 10.4. The molecule has 2 aromatic heterocycles. The third kappa shape index (κ3) is 5.36. The van der Waals surface area contributed by atoms with Crippen LogP contribution in [-0.2, 0) is 4.79 Å². The van der Waals surface area contributed by atoms with Crippen LogP contribution in [0.5, 0.6) is 11.5 Å². The highest BCUT2D eigenvalue weighted by molar-refractivity contribution is 5.68. The van der Waals surface area contributed by atoms with Crippen molar-refractivity contribution in [1.29, 1.82) is 0 Å². The zero-order chi connectivity index (χ0) is 19.1. The Morgan fingerprint density at radius 3 is 2.63 bits per heavy atom. The van der Waals surface area contributed by atoms with E-state index in [0.717, 1.165) is 0 Å². The van der Waals surface area contributed by atoms with Gasteiger partial charge in [0.25, 0.3) is 0 Å². The fraction of sp³-hybridized carbons (Fsp3) is 0.294. The van der Waals surface area contributed by atoms with E-state index in [1.165, 1.54) is 4.52 Å². The molecule has 0 radical (unpaired) electrons. The van der Waals surface area contributed by atoms with Crippen molar-refractivity contribution in [2.45, 2.75) is 6.10 Å². The molecule has 0 aliphatic rings. The minimum atomic E-state index is -1.03. The molecule has 0 unspecified atom stereocenters. The van der Waals surface area contributed by atoms with Gasteiger partial charge in [-0.3, -0.25) is 0 Å². The SMILES string of the molecule is O=C(O)COc1ccc(OCCNC[C@H](O)c2ccc3nnnn3c2)cc1. The standard InChI is InChI=1S/C17H19N5O5/c23-15(12-1-6-16-19-20-21-22(16)10-12)9-18-7-8-26-13-2-4-14(5-3-13)27-11-17(24)25/h1-6,10,15,18,23H,7-9,11H2,(H,24,25)/t15-/m0/s1. The smallest absolute Gasteiger partial charge is 0.341 e. The average Bonchev–Trinajstić information content (AvgIpc) is 3.14. The summed E-state index contributed by atoms with van der Waals surface area (Å²) in [7, 11) is 0. The molecule has 0 bridgehead atoms. The minimum Gasteiger partial charge on any atom is -0.492 e. The van der Waals surface area contributed by atoms with Gasteiger partial charge in [-0.25, -0.2) is 9.31 Å². The Balaban J connectivity index is 1.36. The van der Waals surface area contributed by atoms with Gasteiger partial charge in [-0.1, -0.05) is 6.07 Å². The number of tetrazole rings is 1. The quantitative estimate of drug-likeness (QED) is 0.429. The van der Waals surface area contributed by atoms with E-state index in [4.69, 9.17) is 14.6 Å². The highest BCUT2D eigenvalue weighted by atomic mass is 16.5. The first kappa shape index (κ1) is 18.5. The zero-order valence-corrected chi connectivity index (χ0v) is 14.4. The van der Waals surface area contributed by atoms with Crippen LogP contribution in [0.2, 0.25) is 0 Å². The number of rotatable bonds is 10. The first-order valence-electron chi connectivity index (χ1n) is 8.26. The van der Waals surface area contributed by atoms with Gasteiger partial charge in [-0.05, 0) is 40.8 Å². The van der Waals surface area contributed by atoms with E-state index in [0.29, 0.717) is 42.4 Å². The Bertz CT molecular complexity index is 883. The van der Waals surface area contributed by atoms with Gasteiger partial charge in [0.1, 0.15) is 18.1 Å². The molecule has 3 N–H and O–H groups in total. The Hall–Kier alpha value is -3.24. The van der Waals surface area contributed by atoms with E-state index < -0.39 is 12.1 Å². The number of aromatic nitrogens is 4. The van der Waals surface area contributed by atoms with Crippen LogP contribution in [0.3, 0.4) is 0 Å². The molecule has 142 valence electrons. The molecule has 0 saturated carbocycles. The van der Waals surface area contributed by atoms with Crippen LogP contribution in [0.1, 0.15) is 11.7 Å². The van der Waals surface area contributed by atoms with Crippen molar-refractivity contribution in [3.8, 4) is 11.5 Å². The lowest BCUT2D eigenvalue weighted by molar-refractivity contribution is -0.139. The van der Waals surface area contributed by atoms with E-state index in [2.05, 4.69) is 20.8 Å². The number of nitrogens with zero attached hydrogens (tertiary/aromatic N) is 4. The number of aliphatic carboxylic acids is 1. The maximum absolute atomic E-state index is 10.4. The number of nitrogens with one attached hydrogen (secondary N) is 1. The van der Waals surface area contributed by atoms with E-state index in [1.807, 2.05) is 0 Å². The van der Waals surface area contributed by atoms with Crippen LogP contribution >= 0.6 is 0 Å². The van der Waals surface area contributed by atoms with Crippen LogP contribution in [-0.4, -0.2) is 62.5 Å². The maximum Gasteiger partial charge on any atom is 0.341 e. The number of pyridine rings is 1. The lowest BCUT2D eigenvalue weighted by atomic mass is 10.1. The van der Waals surface area contributed by atoms with Crippen molar-refractivity contribution in [1.82, 2.24) is 25.4 Å². The van der Waals surface area contributed by atoms with Gasteiger partial charge in [0.2, 0.25) is 0 Å². The molecule has 3 rings (SSSR count). The number of fused-ring (bicyclic) bond motifs is 1. The van der Waals surface area contributed by atoms with Crippen molar-refractivity contribution in [3.05, 3.63) is 48.2 Å². The predicted molar refractivity (Wildman–Crippen MR) is 93.7 cm³/mol. The predicted octanol–water partition coefficient (Wildman–Crippen LogP) is 0.290. The molecule has 1 atom stereocenters. The van der Waals surface area contributed by atoms with Crippen molar-refractivity contribution >= 4 is 11.6 Å². The summed E-state index contributed by atoms with van der Waals surface area (Å²) in [5, 5.41) is 33.1. The number of carbonyl (C=O) groups is 1. The van der Waals surface area contributed by atoms with Gasteiger partial charge in [-0.2, -0.15) is 0 Å². The van der Waals surface area contributed by atoms with Crippen LogP contribution in [0, 0.1) is 0 Å². The summed E-state index contributed by atoms with van der Waals surface area (Å²) in [5.41, 5.74) is 1.33. The molecule has 27 heavy (non-hydrogen) atoms. The third-order valence-electron chi connectivity index (χ3n) is 3.67. The number of benzene rings is 1. The topological polar surface area (TPSA) is 131 Å². The van der Waals surface area contributed by atoms with Gasteiger partial charge >= 0.3 is 5.97 Å². The molecule has 10 heteroatoms. The van der Waals surface area contributed by atoms with Gasteiger partial charge < -0.3 is 25.0 Å². The molecule has 10 nitrogen and oxygen atoms in total. The largest absolute Gasteiger partial charge is 0.492 e. The zero-order valence-electron chi connectivity index (χ0n) is 14.4. The lowest BCUT2D eigenvalue weighted by Gasteiger charge is -2.13. The Labute approximate surface area is 154 Å². The van der Waals surface area contributed by atoms with E-state index in [1.54, 1.807) is 42.6 Å². The number of hydrogen-bond acceptors (Lipinski definition) is 8. The van der Waals surface area contributed by atoms with Crippen LogP contribution in [0.25, 0.3) is 5.65 Å². The molecule has 2 heterocycles. The number of hydrogen-bond donors (Lipinski definition) is 3. The van der Waals surface area contributed by atoms with Crippen molar-refractivity contribution in [2.24, 2.45) is 0 Å². The van der Waals surface area contributed by atoms with Crippen LogP contribution in [0.15, 0.2) is 42.6 Å². The van der Waals surface area contributed by atoms with E-state index >= 15 is 0 Å². The van der Waals surface area contributed by atoms with Crippen LogP contribution < -0.4 is 14.8 Å². The molecule has 0 amide bonds. The first-order valence-corrected chi connectivity index (χ1v) is 8.26. The van der Waals surface area contributed by atoms with E-state index in [9.17, 15) is 9.90 Å². The van der Waals surface area contributed by atoms with Gasteiger partial charge in [0.05, 0.1) is 6.10 Å². The van der Waals surface area contributed by atoms with Crippen molar-refractivity contribution in [2.75, 3.05) is 26.3 Å². The summed E-state index contributed by atoms with van der Waals surface area (Å²) < 4.78 is 12.1. The highest BCUT2D eigenvalue weighted by Gasteiger charge is 2.09. The Morgan fingerprint density at radius 2 is 1.89 bits per heavy atom. The van der Waals surface area contributed by atoms with Crippen LogP contribution in [0.4, 0.5) is 0 Å². The summed E-state index contributed by atoms with van der Waals surface area (Å²) >= 11 is 0. The van der Waals surface area contributed by atoms with Crippen molar-refractivity contribution < 1.29 is 24.5 Å². The molecule has 0 aliphatic heterocycles. The second-order valence-electron chi connectivity index (χ2n) is 5.67. The molecule has 0 spiro atoms. The second kappa shape index (κ2) is 8.92. The summed E-state index contributed by atoms with van der Waals surface area (Å²) in [5.74, 6) is 0.0798. The number of aliphatic hydroxyl groups excluding tert-OH is 1. The van der Waals surface area contributed by atoms with Gasteiger partial charge in [-0.15, -0.1) is 5.10 Å². The molecular weight excluding hydrogens is 354 g/mol. The normalized spacial score (nSPS) is 12.0. The Kier molecular flexibility index (Phi) is 6.13. The fourth-order valence-electron chi connectivity index (χ4n) is 2.33. The fourth-order valence-corrected chi connectivity index (χ4v) is 2.33. The number of ether oxygens (including phenoxy) is 2. The molecule has 1 aromatic carbocycles. The monoisotopic (exact) mass is 373 g/mol. The summed E-state index contributed by atoms with van der Waals surface area (Å²) in [6, 6.07) is 10.2. The minimum absolute atomic E-state index is 0.360. The molecule has 0 aliphatic carbocycles. The van der Waals surface area contributed by atoms with E-state index in [-0.39, 0.29) is 6.61 Å². The van der Waals surface area contributed by atoms with Gasteiger partial charge in [0, 0.05) is 24.8 Å². The summed E-state index contributed by atoms with van der Waals surface area (Å²) in [6.07, 6.45) is 0.996. The molecular formula is C17H19N5O5. The maximum atomic E-state index is 10.4. The number of carboxylic acids is 1. The first-order chi connectivity index (χ1) is 13.1. The number of carboxylic acid groups (broad SMARTS) is 1. The molecule has 0 saturated heterocycles. The highest BCUT2D eigenvalue weighted by Crippen LogP contribution is 2.17. The average molecular weight is 373 g/mol. The Morgan fingerprint density at radius 1 is 1.15 bits per heavy atom. The van der Waals surface area contributed by atoms with Gasteiger partial charge in [0.15, 0.2) is 12.3 Å². The molecule has 0 fully saturated rings. The molecule has 3 aromatic rings. The lowest BCUT2D eigenvalue weighted by Crippen LogP contribution is -2.26. The number of aliphatic hydroxyl groups is 1. The second-order valence-corrected chi connectivity index (χ2v) is 5.67.